The van der Waals surface area contributed by atoms with Crippen LogP contribution in [0.5, 0.6) is 0 Å². The van der Waals surface area contributed by atoms with E-state index in [1.807, 2.05) is 6.07 Å². The molecule has 1 aliphatic rings. The van der Waals surface area contributed by atoms with E-state index in [9.17, 15) is 9.59 Å². The zero-order valence-corrected chi connectivity index (χ0v) is 13.9. The average molecular weight is 335 g/mol. The predicted molar refractivity (Wildman–Crippen MR) is 92.3 cm³/mol. The monoisotopic (exact) mass is 335 g/mol. The summed E-state index contributed by atoms with van der Waals surface area (Å²) >= 11 is 0. The van der Waals surface area contributed by atoms with Crippen molar-refractivity contribution in [3.63, 3.8) is 0 Å². The van der Waals surface area contributed by atoms with E-state index in [2.05, 4.69) is 4.98 Å². The highest BCUT2D eigenvalue weighted by Gasteiger charge is 2.51. The van der Waals surface area contributed by atoms with Crippen LogP contribution in [0.3, 0.4) is 0 Å². The van der Waals surface area contributed by atoms with E-state index in [-0.39, 0.29) is 12.5 Å². The van der Waals surface area contributed by atoms with Crippen LogP contribution in [0.15, 0.2) is 42.6 Å². The minimum absolute atomic E-state index is 0.247. The van der Waals surface area contributed by atoms with E-state index in [1.165, 1.54) is 4.90 Å². The Labute approximate surface area is 145 Å². The first-order valence-corrected chi connectivity index (χ1v) is 7.71. The molecule has 25 heavy (non-hydrogen) atoms. The van der Waals surface area contributed by atoms with Crippen molar-refractivity contribution < 1.29 is 9.59 Å². The summed E-state index contributed by atoms with van der Waals surface area (Å²) in [5, 5.41) is 8.89. The number of rotatable bonds is 3. The number of carbonyl (C=O) groups excluding carboxylic acids is 2. The first-order valence-electron chi connectivity index (χ1n) is 7.71. The number of carbonyl (C=O) groups is 2. The average Bonchev–Trinajstić information content (AvgIpc) is 2.75. The Morgan fingerprint density at radius 3 is 2.48 bits per heavy atom. The van der Waals surface area contributed by atoms with Crippen LogP contribution in [0.2, 0.25) is 0 Å². The van der Waals surface area contributed by atoms with E-state index in [1.54, 1.807) is 56.4 Å². The van der Waals surface area contributed by atoms with Gasteiger partial charge in [0.05, 0.1) is 17.3 Å². The molecule has 1 fully saturated rings. The number of aromatic nitrogens is 1. The molecule has 0 spiro atoms. The van der Waals surface area contributed by atoms with E-state index >= 15 is 0 Å². The number of benzene rings is 1. The second-order valence-electron chi connectivity index (χ2n) is 6.32. The van der Waals surface area contributed by atoms with Crippen molar-refractivity contribution in [2.24, 2.45) is 0 Å². The number of anilines is 2. The Morgan fingerprint density at radius 1 is 1.20 bits per heavy atom. The molecule has 1 aromatic carbocycles. The number of hydrogen-bond acceptors (Lipinski definition) is 5. The zero-order valence-electron chi connectivity index (χ0n) is 13.9. The van der Waals surface area contributed by atoms with E-state index < -0.39 is 11.6 Å². The molecule has 126 valence electrons. The number of nitrogens with zero attached hydrogens (tertiary/aromatic N) is 4. The van der Waals surface area contributed by atoms with Crippen molar-refractivity contribution in [1.82, 2.24) is 9.88 Å². The van der Waals surface area contributed by atoms with Gasteiger partial charge >= 0.3 is 6.03 Å². The molecule has 0 radical (unpaired) electrons. The Morgan fingerprint density at radius 2 is 1.88 bits per heavy atom. The number of nitrogen functional groups attached to an aromatic ring is 1. The van der Waals surface area contributed by atoms with Crippen molar-refractivity contribution >= 4 is 23.4 Å². The normalized spacial score (nSPS) is 16.2. The van der Waals surface area contributed by atoms with Crippen LogP contribution in [0.25, 0.3) is 0 Å². The fraction of sp³-hybridized carbons (Fsp3) is 0.222. The van der Waals surface area contributed by atoms with Gasteiger partial charge in [0.15, 0.2) is 0 Å². The lowest BCUT2D eigenvalue weighted by Gasteiger charge is -2.27. The fourth-order valence-electron chi connectivity index (χ4n) is 2.79. The largest absolute Gasteiger partial charge is 0.384 e. The van der Waals surface area contributed by atoms with Crippen LogP contribution in [-0.2, 0) is 11.3 Å². The van der Waals surface area contributed by atoms with Gasteiger partial charge in [-0.05, 0) is 55.8 Å². The Bertz CT molecular complexity index is 883. The van der Waals surface area contributed by atoms with Crippen LogP contribution in [-0.4, -0.2) is 27.4 Å². The second kappa shape index (κ2) is 5.91. The third-order valence-corrected chi connectivity index (χ3v) is 4.26. The van der Waals surface area contributed by atoms with Crippen LogP contribution in [0, 0.1) is 11.3 Å². The fourth-order valence-corrected chi connectivity index (χ4v) is 2.79. The molecule has 1 aromatic heterocycles. The first kappa shape index (κ1) is 16.5. The second-order valence-corrected chi connectivity index (χ2v) is 6.32. The topological polar surface area (TPSA) is 103 Å². The number of amides is 3. The quantitative estimate of drug-likeness (QED) is 0.867. The Hall–Kier alpha value is -3.40. The van der Waals surface area contributed by atoms with Crippen molar-refractivity contribution in [2.45, 2.75) is 25.9 Å². The van der Waals surface area contributed by atoms with Gasteiger partial charge in [-0.25, -0.2) is 14.7 Å². The molecule has 2 aromatic rings. The maximum absolute atomic E-state index is 12.9. The number of nitrogens with two attached hydrogens (primary N) is 1. The molecule has 0 bridgehead atoms. The van der Waals surface area contributed by atoms with Crippen LogP contribution in [0.4, 0.5) is 16.3 Å². The lowest BCUT2D eigenvalue weighted by Crippen LogP contribution is -2.43. The van der Waals surface area contributed by atoms with Gasteiger partial charge in [-0.1, -0.05) is 0 Å². The van der Waals surface area contributed by atoms with Crippen LogP contribution in [0.1, 0.15) is 25.0 Å². The summed E-state index contributed by atoms with van der Waals surface area (Å²) in [6.45, 7) is 3.67. The zero-order chi connectivity index (χ0) is 18.2. The van der Waals surface area contributed by atoms with Gasteiger partial charge in [0.2, 0.25) is 0 Å². The van der Waals surface area contributed by atoms with Crippen molar-refractivity contribution in [1.29, 1.82) is 5.26 Å². The molecule has 3 rings (SSSR count). The summed E-state index contributed by atoms with van der Waals surface area (Å²) in [6, 6.07) is 11.4. The van der Waals surface area contributed by atoms with Gasteiger partial charge in [-0.3, -0.25) is 4.79 Å². The molecule has 3 amide bonds. The minimum atomic E-state index is -0.997. The molecule has 1 aliphatic heterocycles. The van der Waals surface area contributed by atoms with E-state index in [0.717, 1.165) is 10.5 Å². The summed E-state index contributed by atoms with van der Waals surface area (Å²) in [5.41, 5.74) is 6.40. The third kappa shape index (κ3) is 2.78. The molecular weight excluding hydrogens is 318 g/mol. The molecule has 7 heteroatoms. The molecule has 7 nitrogen and oxygen atoms in total. The number of urea groups is 1. The number of pyridine rings is 1. The van der Waals surface area contributed by atoms with E-state index in [0.29, 0.717) is 17.1 Å². The lowest BCUT2D eigenvalue weighted by molar-refractivity contribution is -0.123. The number of imide groups is 1. The summed E-state index contributed by atoms with van der Waals surface area (Å²) in [6.07, 6.45) is 1.57. The van der Waals surface area contributed by atoms with Gasteiger partial charge in [0.1, 0.15) is 11.4 Å². The Kier molecular flexibility index (Phi) is 3.89. The molecule has 0 atom stereocenters. The van der Waals surface area contributed by atoms with Gasteiger partial charge < -0.3 is 10.6 Å². The number of hydrogen-bond donors (Lipinski definition) is 1. The van der Waals surface area contributed by atoms with Crippen LogP contribution >= 0.6 is 0 Å². The predicted octanol–water partition coefficient (Wildman–Crippen LogP) is 2.28. The smallest absolute Gasteiger partial charge is 0.332 e. The maximum Gasteiger partial charge on any atom is 0.332 e. The molecule has 2 N–H and O–H groups in total. The van der Waals surface area contributed by atoms with Gasteiger partial charge in [-0.2, -0.15) is 5.26 Å². The van der Waals surface area contributed by atoms with Crippen molar-refractivity contribution in [3.8, 4) is 6.07 Å². The maximum atomic E-state index is 12.9. The molecule has 0 saturated carbocycles. The summed E-state index contributed by atoms with van der Waals surface area (Å²) in [4.78, 5) is 32.3. The van der Waals surface area contributed by atoms with Crippen LogP contribution < -0.4 is 10.6 Å². The molecule has 2 heterocycles. The summed E-state index contributed by atoms with van der Waals surface area (Å²) < 4.78 is 0. The highest BCUT2D eigenvalue weighted by molar-refractivity contribution is 6.22. The third-order valence-electron chi connectivity index (χ3n) is 4.26. The SMILES string of the molecule is CC1(C)C(=O)N(c2ccc(C#N)cc2)C(=O)N1Cc1ccnc(N)c1. The Balaban J connectivity index is 1.94. The summed E-state index contributed by atoms with van der Waals surface area (Å²) in [7, 11) is 0. The first-order chi connectivity index (χ1) is 11.8. The standard InChI is InChI=1S/C18H17N5O2/c1-18(2)16(24)23(14-5-3-12(10-19)4-6-14)17(25)22(18)11-13-7-8-21-15(20)9-13/h3-9H,11H2,1-2H3,(H2,20,21). The molecule has 1 saturated heterocycles. The van der Waals surface area contributed by atoms with Gasteiger partial charge in [-0.15, -0.1) is 0 Å². The van der Waals surface area contributed by atoms with Crippen molar-refractivity contribution in [3.05, 3.63) is 53.7 Å². The molecule has 0 unspecified atom stereocenters. The summed E-state index contributed by atoms with van der Waals surface area (Å²) in [5.74, 6) is 0.0430. The highest BCUT2D eigenvalue weighted by Crippen LogP contribution is 2.33. The lowest BCUT2D eigenvalue weighted by atomic mass is 10.0. The van der Waals surface area contributed by atoms with Gasteiger partial charge in [0.25, 0.3) is 5.91 Å². The van der Waals surface area contributed by atoms with Gasteiger partial charge in [0, 0.05) is 12.7 Å². The number of nitriles is 1. The molecular formula is C18H17N5O2. The molecule has 0 aliphatic carbocycles. The van der Waals surface area contributed by atoms with Crippen molar-refractivity contribution in [2.75, 3.05) is 10.6 Å². The highest BCUT2D eigenvalue weighted by atomic mass is 16.2. The minimum Gasteiger partial charge on any atom is -0.384 e. The van der Waals surface area contributed by atoms with E-state index in [4.69, 9.17) is 11.0 Å².